The molecule has 0 radical (unpaired) electrons. The minimum Gasteiger partial charge on any atom is -0.354 e. The van der Waals surface area contributed by atoms with Gasteiger partial charge in [-0.2, -0.15) is 0 Å². The Balaban J connectivity index is 2.23. The van der Waals surface area contributed by atoms with Crippen molar-refractivity contribution in [2.24, 2.45) is 0 Å². The summed E-state index contributed by atoms with van der Waals surface area (Å²) in [5.74, 6) is 0. The summed E-state index contributed by atoms with van der Waals surface area (Å²) in [5, 5.41) is 1.21. The van der Waals surface area contributed by atoms with Gasteiger partial charge in [-0.15, -0.1) is 0 Å². The zero-order chi connectivity index (χ0) is 11.0. The van der Waals surface area contributed by atoms with Crippen LogP contribution in [0.25, 0.3) is 22.2 Å². The van der Waals surface area contributed by atoms with Crippen molar-refractivity contribution in [1.82, 2.24) is 9.97 Å². The molecule has 0 fully saturated rings. The molecule has 0 unspecified atom stereocenters. The van der Waals surface area contributed by atoms with Crippen LogP contribution < -0.4 is 0 Å². The van der Waals surface area contributed by atoms with E-state index in [-0.39, 0.29) is 0 Å². The third-order valence-corrected chi connectivity index (χ3v) is 3.26. The van der Waals surface area contributed by atoms with Crippen molar-refractivity contribution in [3.63, 3.8) is 0 Å². The largest absolute Gasteiger partial charge is 0.354 e. The van der Waals surface area contributed by atoms with Gasteiger partial charge >= 0.3 is 0 Å². The van der Waals surface area contributed by atoms with E-state index >= 15 is 0 Å². The molecule has 2 nitrogen and oxygen atoms in total. The van der Waals surface area contributed by atoms with E-state index in [2.05, 4.69) is 38.0 Å². The molecule has 3 heteroatoms. The third-order valence-electron chi connectivity index (χ3n) is 2.60. The van der Waals surface area contributed by atoms with Crippen molar-refractivity contribution < 1.29 is 0 Å². The monoisotopic (exact) mass is 272 g/mol. The highest BCUT2D eigenvalue weighted by molar-refractivity contribution is 9.10. The van der Waals surface area contributed by atoms with Gasteiger partial charge < -0.3 is 4.98 Å². The summed E-state index contributed by atoms with van der Waals surface area (Å²) in [6.45, 7) is 0. The molecule has 3 rings (SSSR count). The molecule has 0 aliphatic rings. The van der Waals surface area contributed by atoms with Crippen LogP contribution in [-0.4, -0.2) is 9.97 Å². The van der Waals surface area contributed by atoms with Crippen LogP contribution in [0.4, 0.5) is 0 Å². The quantitative estimate of drug-likeness (QED) is 0.713. The number of benzene rings is 1. The van der Waals surface area contributed by atoms with Gasteiger partial charge in [0.05, 0.1) is 5.52 Å². The van der Waals surface area contributed by atoms with Crippen molar-refractivity contribution in [2.45, 2.75) is 0 Å². The molecule has 0 aliphatic carbocycles. The molecule has 0 amide bonds. The Morgan fingerprint density at radius 2 is 1.88 bits per heavy atom. The number of hydrogen-bond donors (Lipinski definition) is 1. The minimum absolute atomic E-state index is 1.09. The molecule has 1 N–H and O–H groups in total. The molecule has 0 atom stereocenters. The van der Waals surface area contributed by atoms with Crippen molar-refractivity contribution in [2.75, 3.05) is 0 Å². The zero-order valence-electron chi connectivity index (χ0n) is 8.44. The first-order chi connectivity index (χ1) is 7.84. The van der Waals surface area contributed by atoms with Crippen LogP contribution in [0.5, 0.6) is 0 Å². The fraction of sp³-hybridized carbons (Fsp3) is 0. The number of nitrogens with one attached hydrogen (secondary N) is 1. The minimum atomic E-state index is 1.09. The molecule has 0 spiro atoms. The SMILES string of the molecule is Brc1cccc2cc(-c3ccncc3)[nH]c12. The highest BCUT2D eigenvalue weighted by Crippen LogP contribution is 2.28. The molecule has 0 aliphatic heterocycles. The lowest BCUT2D eigenvalue weighted by Crippen LogP contribution is -1.77. The molecule has 0 saturated heterocycles. The van der Waals surface area contributed by atoms with E-state index in [0.717, 1.165) is 21.2 Å². The summed E-state index contributed by atoms with van der Waals surface area (Å²) in [6.07, 6.45) is 3.60. The lowest BCUT2D eigenvalue weighted by molar-refractivity contribution is 1.32. The van der Waals surface area contributed by atoms with Gasteiger partial charge in [0.2, 0.25) is 0 Å². The first-order valence-electron chi connectivity index (χ1n) is 5.02. The highest BCUT2D eigenvalue weighted by atomic mass is 79.9. The second-order valence-electron chi connectivity index (χ2n) is 3.62. The van der Waals surface area contributed by atoms with Crippen molar-refractivity contribution in [3.05, 3.63) is 53.3 Å². The van der Waals surface area contributed by atoms with E-state index in [4.69, 9.17) is 0 Å². The molecule has 1 aromatic carbocycles. The van der Waals surface area contributed by atoms with Crippen LogP contribution >= 0.6 is 15.9 Å². The van der Waals surface area contributed by atoms with E-state index in [1.807, 2.05) is 24.3 Å². The maximum absolute atomic E-state index is 4.02. The smallest absolute Gasteiger partial charge is 0.0603 e. The number of aromatic nitrogens is 2. The Morgan fingerprint density at radius 3 is 2.62 bits per heavy atom. The second kappa shape index (κ2) is 3.76. The number of nitrogens with zero attached hydrogens (tertiary/aromatic N) is 1. The molecule has 3 aromatic rings. The van der Waals surface area contributed by atoms with Crippen LogP contribution in [0.15, 0.2) is 53.3 Å². The molecular weight excluding hydrogens is 264 g/mol. The van der Waals surface area contributed by atoms with Gasteiger partial charge in [0.15, 0.2) is 0 Å². The number of hydrogen-bond acceptors (Lipinski definition) is 1. The molecule has 78 valence electrons. The van der Waals surface area contributed by atoms with Crippen molar-refractivity contribution in [3.8, 4) is 11.3 Å². The first kappa shape index (κ1) is 9.60. The van der Waals surface area contributed by atoms with Gasteiger partial charge in [0.1, 0.15) is 0 Å². The average molecular weight is 273 g/mol. The summed E-state index contributed by atoms with van der Waals surface area (Å²) in [4.78, 5) is 7.42. The molecule has 2 heterocycles. The normalized spacial score (nSPS) is 10.8. The van der Waals surface area contributed by atoms with Crippen LogP contribution in [0.2, 0.25) is 0 Å². The lowest BCUT2D eigenvalue weighted by Gasteiger charge is -1.95. The zero-order valence-corrected chi connectivity index (χ0v) is 10.0. The third kappa shape index (κ3) is 1.53. The number of para-hydroxylation sites is 1. The van der Waals surface area contributed by atoms with Crippen LogP contribution in [0, 0.1) is 0 Å². The summed E-state index contributed by atoms with van der Waals surface area (Å²) in [5.41, 5.74) is 3.40. The topological polar surface area (TPSA) is 28.7 Å². The predicted octanol–water partition coefficient (Wildman–Crippen LogP) is 3.99. The van der Waals surface area contributed by atoms with E-state index in [9.17, 15) is 0 Å². The maximum Gasteiger partial charge on any atom is 0.0603 e. The fourth-order valence-electron chi connectivity index (χ4n) is 1.81. The van der Waals surface area contributed by atoms with E-state index in [1.54, 1.807) is 12.4 Å². The number of fused-ring (bicyclic) bond motifs is 1. The number of pyridine rings is 1. The standard InChI is InChI=1S/C13H9BrN2/c14-11-3-1-2-10-8-12(16-13(10)11)9-4-6-15-7-5-9/h1-8,16H. The summed E-state index contributed by atoms with van der Waals surface area (Å²) in [7, 11) is 0. The fourth-order valence-corrected chi connectivity index (χ4v) is 2.29. The second-order valence-corrected chi connectivity index (χ2v) is 4.48. The van der Waals surface area contributed by atoms with Crippen LogP contribution in [-0.2, 0) is 0 Å². The molecule has 2 aromatic heterocycles. The van der Waals surface area contributed by atoms with Crippen LogP contribution in [0.1, 0.15) is 0 Å². The van der Waals surface area contributed by atoms with E-state index < -0.39 is 0 Å². The Kier molecular flexibility index (Phi) is 2.26. The van der Waals surface area contributed by atoms with Crippen molar-refractivity contribution in [1.29, 1.82) is 0 Å². The Labute approximate surface area is 101 Å². The number of rotatable bonds is 1. The van der Waals surface area contributed by atoms with Gasteiger partial charge in [-0.05, 0) is 40.2 Å². The molecular formula is C13H9BrN2. The van der Waals surface area contributed by atoms with Gasteiger partial charge in [-0.1, -0.05) is 12.1 Å². The summed E-state index contributed by atoms with van der Waals surface area (Å²) >= 11 is 3.54. The van der Waals surface area contributed by atoms with Gasteiger partial charge in [0, 0.05) is 33.5 Å². The Morgan fingerprint density at radius 1 is 1.06 bits per heavy atom. The molecule has 0 bridgehead atoms. The number of halogens is 1. The molecule has 16 heavy (non-hydrogen) atoms. The summed E-state index contributed by atoms with van der Waals surface area (Å²) < 4.78 is 1.09. The Hall–Kier alpha value is -1.61. The van der Waals surface area contributed by atoms with E-state index in [0.29, 0.717) is 0 Å². The predicted molar refractivity (Wildman–Crippen MR) is 69.2 cm³/mol. The number of aromatic amines is 1. The van der Waals surface area contributed by atoms with Gasteiger partial charge in [-0.3, -0.25) is 4.98 Å². The first-order valence-corrected chi connectivity index (χ1v) is 5.81. The van der Waals surface area contributed by atoms with Gasteiger partial charge in [-0.25, -0.2) is 0 Å². The highest BCUT2D eigenvalue weighted by Gasteiger charge is 2.04. The maximum atomic E-state index is 4.02. The Bertz CT molecular complexity index is 629. The summed E-state index contributed by atoms with van der Waals surface area (Å²) in [6, 6.07) is 12.3. The number of H-pyrrole nitrogens is 1. The lowest BCUT2D eigenvalue weighted by atomic mass is 10.2. The average Bonchev–Trinajstić information content (AvgIpc) is 2.76. The van der Waals surface area contributed by atoms with E-state index in [1.165, 1.54) is 5.39 Å². The molecule has 0 saturated carbocycles. The van der Waals surface area contributed by atoms with Gasteiger partial charge in [0.25, 0.3) is 0 Å². The van der Waals surface area contributed by atoms with Crippen LogP contribution in [0.3, 0.4) is 0 Å². The van der Waals surface area contributed by atoms with Crippen molar-refractivity contribution >= 4 is 26.8 Å².